The number of hydrogen-bond acceptors (Lipinski definition) is 4. The number of aromatic hydroxyl groups is 1. The smallest absolute Gasteiger partial charge is 0.320 e. The Morgan fingerprint density at radius 1 is 1.04 bits per heavy atom. The normalized spacial score (nSPS) is 11.6. The van der Waals surface area contributed by atoms with E-state index in [4.69, 9.17) is 15.6 Å². The molecule has 0 radical (unpaired) electrons. The Balaban J connectivity index is 0.00000312. The van der Waals surface area contributed by atoms with Crippen molar-refractivity contribution in [2.45, 2.75) is 12.5 Å². The van der Waals surface area contributed by atoms with Crippen LogP contribution in [0.1, 0.15) is 5.56 Å². The van der Waals surface area contributed by atoms with Crippen molar-refractivity contribution in [3.05, 3.63) is 44.1 Å². The SMILES string of the molecule is NC(Cc1cc(I)c(Oc2cc(I)c(O)c(I)c2)c(I)c1)C(=O)O.O. The molecular formula is C15H13I4NO5. The Bertz CT molecular complexity index is 753. The van der Waals surface area contributed by atoms with Crippen molar-refractivity contribution in [3.8, 4) is 17.2 Å². The Morgan fingerprint density at radius 3 is 1.96 bits per heavy atom. The molecule has 6 N–H and O–H groups in total. The third-order valence-electron chi connectivity index (χ3n) is 3.04. The van der Waals surface area contributed by atoms with Gasteiger partial charge in [-0.25, -0.2) is 0 Å². The molecule has 6 nitrogen and oxygen atoms in total. The number of ether oxygens (including phenoxy) is 1. The van der Waals surface area contributed by atoms with Crippen LogP contribution < -0.4 is 10.5 Å². The maximum atomic E-state index is 10.9. The molecule has 2 aromatic carbocycles. The van der Waals surface area contributed by atoms with Crippen LogP contribution in [0.25, 0.3) is 0 Å². The summed E-state index contributed by atoms with van der Waals surface area (Å²) in [5.41, 5.74) is 6.44. The predicted octanol–water partition coefficient (Wildman–Crippen LogP) is 3.73. The molecule has 0 amide bonds. The minimum Gasteiger partial charge on any atom is -0.506 e. The molecule has 0 aliphatic rings. The van der Waals surface area contributed by atoms with Gasteiger partial charge in [-0.1, -0.05) is 0 Å². The average molecular weight is 795 g/mol. The number of carboxylic acids is 1. The summed E-state index contributed by atoms with van der Waals surface area (Å²) in [6.45, 7) is 0. The minimum absolute atomic E-state index is 0. The lowest BCUT2D eigenvalue weighted by atomic mass is 10.1. The molecule has 0 aliphatic heterocycles. The van der Waals surface area contributed by atoms with Crippen LogP contribution in [0.15, 0.2) is 24.3 Å². The van der Waals surface area contributed by atoms with Crippen LogP contribution >= 0.6 is 90.4 Å². The van der Waals surface area contributed by atoms with Crippen LogP contribution in [0.3, 0.4) is 0 Å². The van der Waals surface area contributed by atoms with Gasteiger partial charge in [0.1, 0.15) is 17.5 Å². The van der Waals surface area contributed by atoms with Gasteiger partial charge in [-0.05, 0) is 127 Å². The summed E-state index contributed by atoms with van der Waals surface area (Å²) in [5, 5.41) is 18.8. The van der Waals surface area contributed by atoms with Crippen molar-refractivity contribution in [1.82, 2.24) is 0 Å². The molecule has 0 spiro atoms. The van der Waals surface area contributed by atoms with Gasteiger partial charge in [0, 0.05) is 0 Å². The summed E-state index contributed by atoms with van der Waals surface area (Å²) in [6, 6.07) is 6.34. The highest BCUT2D eigenvalue weighted by molar-refractivity contribution is 14.1. The molecule has 0 fully saturated rings. The molecule has 10 heteroatoms. The predicted molar refractivity (Wildman–Crippen MR) is 128 cm³/mol. The molecule has 0 saturated carbocycles. The number of phenolic OH excluding ortho intramolecular Hbond substituents is 1. The average Bonchev–Trinajstić information content (AvgIpc) is 2.48. The molecule has 1 unspecified atom stereocenters. The maximum absolute atomic E-state index is 10.9. The Hall–Kier alpha value is 0.350. The first kappa shape index (κ1) is 23.4. The quantitative estimate of drug-likeness (QED) is 0.399. The van der Waals surface area contributed by atoms with Crippen molar-refractivity contribution in [1.29, 1.82) is 0 Å². The Labute approximate surface area is 198 Å². The van der Waals surface area contributed by atoms with E-state index in [1.54, 1.807) is 12.1 Å². The first-order chi connectivity index (χ1) is 11.2. The number of benzene rings is 2. The van der Waals surface area contributed by atoms with E-state index >= 15 is 0 Å². The van der Waals surface area contributed by atoms with Gasteiger partial charge in [0.25, 0.3) is 0 Å². The fraction of sp³-hybridized carbons (Fsp3) is 0.133. The van der Waals surface area contributed by atoms with Crippen molar-refractivity contribution >= 4 is 96.3 Å². The molecule has 2 aromatic rings. The topological polar surface area (TPSA) is 124 Å². The summed E-state index contributed by atoms with van der Waals surface area (Å²) in [7, 11) is 0. The lowest BCUT2D eigenvalue weighted by molar-refractivity contribution is -0.138. The van der Waals surface area contributed by atoms with Gasteiger partial charge in [-0.2, -0.15) is 0 Å². The van der Waals surface area contributed by atoms with E-state index in [1.807, 2.05) is 12.1 Å². The van der Waals surface area contributed by atoms with Gasteiger partial charge in [0.2, 0.25) is 0 Å². The monoisotopic (exact) mass is 795 g/mol. The number of halogens is 4. The van der Waals surface area contributed by atoms with Crippen molar-refractivity contribution < 1.29 is 25.2 Å². The van der Waals surface area contributed by atoms with Gasteiger partial charge in [0.15, 0.2) is 5.75 Å². The van der Waals surface area contributed by atoms with Crippen molar-refractivity contribution in [2.24, 2.45) is 5.73 Å². The zero-order valence-corrected chi connectivity index (χ0v) is 21.0. The van der Waals surface area contributed by atoms with E-state index in [9.17, 15) is 9.90 Å². The van der Waals surface area contributed by atoms with E-state index in [1.165, 1.54) is 0 Å². The second-order valence-corrected chi connectivity index (χ2v) is 9.52. The molecule has 0 heterocycles. The summed E-state index contributed by atoms with van der Waals surface area (Å²) in [4.78, 5) is 10.9. The second-order valence-electron chi connectivity index (χ2n) is 4.88. The van der Waals surface area contributed by atoms with Gasteiger partial charge < -0.3 is 26.2 Å². The van der Waals surface area contributed by atoms with E-state index < -0.39 is 12.0 Å². The van der Waals surface area contributed by atoms with Gasteiger partial charge in [-0.3, -0.25) is 4.79 Å². The Kier molecular flexibility index (Phi) is 9.40. The number of aliphatic carboxylic acids is 1. The lowest BCUT2D eigenvalue weighted by Gasteiger charge is -2.14. The van der Waals surface area contributed by atoms with E-state index in [0.29, 0.717) is 18.6 Å². The van der Waals surface area contributed by atoms with Crippen LogP contribution in [0.2, 0.25) is 0 Å². The summed E-state index contributed by atoms with van der Waals surface area (Å²) in [6.07, 6.45) is 0.261. The number of carboxylic acid groups (broad SMARTS) is 1. The largest absolute Gasteiger partial charge is 0.506 e. The highest BCUT2D eigenvalue weighted by Gasteiger charge is 2.16. The van der Waals surface area contributed by atoms with Crippen molar-refractivity contribution in [2.75, 3.05) is 0 Å². The molecule has 0 aliphatic carbocycles. The molecule has 1 atom stereocenters. The summed E-state index contributed by atoms with van der Waals surface area (Å²) < 4.78 is 9.14. The van der Waals surface area contributed by atoms with Crippen LogP contribution in [-0.2, 0) is 11.2 Å². The van der Waals surface area contributed by atoms with Crippen LogP contribution in [0.4, 0.5) is 0 Å². The van der Waals surface area contributed by atoms with Crippen LogP contribution in [-0.4, -0.2) is 27.7 Å². The lowest BCUT2D eigenvalue weighted by Crippen LogP contribution is -2.32. The van der Waals surface area contributed by atoms with E-state index in [-0.39, 0.29) is 17.6 Å². The maximum Gasteiger partial charge on any atom is 0.320 e. The van der Waals surface area contributed by atoms with Gasteiger partial charge >= 0.3 is 5.97 Å². The van der Waals surface area contributed by atoms with Crippen molar-refractivity contribution in [3.63, 3.8) is 0 Å². The highest BCUT2D eigenvalue weighted by atomic mass is 127. The number of rotatable bonds is 5. The molecule has 0 saturated heterocycles. The fourth-order valence-corrected chi connectivity index (χ4v) is 5.72. The molecule has 25 heavy (non-hydrogen) atoms. The first-order valence-corrected chi connectivity index (χ1v) is 10.8. The minimum atomic E-state index is -1.02. The van der Waals surface area contributed by atoms with Gasteiger partial charge in [-0.15, -0.1) is 0 Å². The van der Waals surface area contributed by atoms with Crippen LogP contribution in [0.5, 0.6) is 17.2 Å². The first-order valence-electron chi connectivity index (χ1n) is 6.51. The second kappa shape index (κ2) is 10.0. The summed E-state index contributed by atoms with van der Waals surface area (Å²) in [5.74, 6) is 0.549. The molecule has 0 aromatic heterocycles. The van der Waals surface area contributed by atoms with Crippen LogP contribution in [0, 0.1) is 14.3 Å². The summed E-state index contributed by atoms with van der Waals surface area (Å²) >= 11 is 8.42. The van der Waals surface area contributed by atoms with E-state index in [2.05, 4.69) is 90.4 Å². The molecular weight excluding hydrogens is 782 g/mol. The molecule has 136 valence electrons. The highest BCUT2D eigenvalue weighted by Crippen LogP contribution is 2.36. The standard InChI is InChI=1S/C15H11I4NO4.H2O/c16-8-4-7(5-9(17)13(8)21)24-14-10(18)1-6(2-11(14)19)3-12(20)15(22)23;/h1-2,4-5,12,21H,3,20H2,(H,22,23);1H2. The van der Waals surface area contributed by atoms with E-state index in [0.717, 1.165) is 12.7 Å². The zero-order valence-electron chi connectivity index (χ0n) is 12.4. The van der Waals surface area contributed by atoms with Gasteiger partial charge in [0.05, 0.1) is 14.3 Å². The third-order valence-corrected chi connectivity index (χ3v) is 6.29. The fourth-order valence-electron chi connectivity index (χ4n) is 1.89. The zero-order chi connectivity index (χ0) is 18.0. The number of carbonyl (C=O) groups is 1. The Morgan fingerprint density at radius 2 is 1.52 bits per heavy atom. The number of hydrogen-bond donors (Lipinski definition) is 3. The molecule has 2 rings (SSSR count). The number of phenols is 1. The third kappa shape index (κ3) is 6.18. The molecule has 0 bridgehead atoms. The number of nitrogens with two attached hydrogens (primary N) is 1.